The molecule has 4 nitrogen and oxygen atoms in total. The molecule has 5 heteroatoms. The van der Waals surface area contributed by atoms with Crippen LogP contribution in [0.3, 0.4) is 0 Å². The minimum atomic E-state index is 0.533. The SMILES string of the molecule is CCNc1cc(NC2CCC(C)CC2C)nc(SC)n1. The molecule has 20 heavy (non-hydrogen) atoms. The molecular formula is C15H26N4S. The molecule has 0 spiro atoms. The molecule has 1 aromatic rings. The summed E-state index contributed by atoms with van der Waals surface area (Å²) in [6.45, 7) is 7.65. The number of anilines is 2. The fourth-order valence-corrected chi connectivity index (χ4v) is 3.31. The molecule has 2 N–H and O–H groups in total. The van der Waals surface area contributed by atoms with Crippen molar-refractivity contribution in [2.24, 2.45) is 11.8 Å². The van der Waals surface area contributed by atoms with Crippen LogP contribution in [0.25, 0.3) is 0 Å². The van der Waals surface area contributed by atoms with E-state index in [1.165, 1.54) is 19.3 Å². The summed E-state index contributed by atoms with van der Waals surface area (Å²) >= 11 is 1.58. The molecule has 0 saturated heterocycles. The zero-order chi connectivity index (χ0) is 14.5. The maximum atomic E-state index is 4.58. The van der Waals surface area contributed by atoms with E-state index in [0.717, 1.165) is 29.3 Å². The first kappa shape index (κ1) is 15.4. The van der Waals surface area contributed by atoms with Gasteiger partial charge in [0.25, 0.3) is 0 Å². The summed E-state index contributed by atoms with van der Waals surface area (Å²) < 4.78 is 0. The van der Waals surface area contributed by atoms with Gasteiger partial charge >= 0.3 is 0 Å². The minimum absolute atomic E-state index is 0.533. The van der Waals surface area contributed by atoms with Gasteiger partial charge < -0.3 is 10.6 Å². The normalized spacial score (nSPS) is 26.3. The van der Waals surface area contributed by atoms with Gasteiger partial charge in [0.1, 0.15) is 11.6 Å². The largest absolute Gasteiger partial charge is 0.370 e. The molecule has 1 aromatic heterocycles. The average Bonchev–Trinajstić information content (AvgIpc) is 2.42. The first-order valence-electron chi connectivity index (χ1n) is 7.55. The van der Waals surface area contributed by atoms with Crippen molar-refractivity contribution < 1.29 is 0 Å². The first-order valence-corrected chi connectivity index (χ1v) is 8.78. The van der Waals surface area contributed by atoms with Crippen LogP contribution in [-0.2, 0) is 0 Å². The van der Waals surface area contributed by atoms with Crippen LogP contribution in [0, 0.1) is 11.8 Å². The third kappa shape index (κ3) is 4.01. The predicted octanol–water partition coefficient (Wildman–Crippen LogP) is 3.87. The number of nitrogens with zero attached hydrogens (tertiary/aromatic N) is 2. The lowest BCUT2D eigenvalue weighted by atomic mass is 9.80. The van der Waals surface area contributed by atoms with Crippen molar-refractivity contribution in [2.45, 2.75) is 51.2 Å². The highest BCUT2D eigenvalue weighted by molar-refractivity contribution is 7.98. The van der Waals surface area contributed by atoms with Crippen molar-refractivity contribution in [3.05, 3.63) is 6.07 Å². The van der Waals surface area contributed by atoms with Crippen LogP contribution in [-0.4, -0.2) is 28.8 Å². The summed E-state index contributed by atoms with van der Waals surface area (Å²) in [6.07, 6.45) is 5.86. The first-order chi connectivity index (χ1) is 9.62. The lowest BCUT2D eigenvalue weighted by Gasteiger charge is -2.33. The van der Waals surface area contributed by atoms with Gasteiger partial charge in [0.15, 0.2) is 5.16 Å². The lowest BCUT2D eigenvalue weighted by molar-refractivity contribution is 0.276. The van der Waals surface area contributed by atoms with Crippen LogP contribution in [0.5, 0.6) is 0 Å². The standard InChI is InChI=1S/C15H26N4S/c1-5-16-13-9-14(19-15(18-13)20-4)17-12-7-6-10(2)8-11(12)3/h9-12H,5-8H2,1-4H3,(H2,16,17,18,19). The van der Waals surface area contributed by atoms with Crippen LogP contribution in [0.15, 0.2) is 11.2 Å². The minimum Gasteiger partial charge on any atom is -0.370 e. The van der Waals surface area contributed by atoms with E-state index in [4.69, 9.17) is 0 Å². The van der Waals surface area contributed by atoms with Crippen molar-refractivity contribution in [2.75, 3.05) is 23.4 Å². The fraction of sp³-hybridized carbons (Fsp3) is 0.733. The van der Waals surface area contributed by atoms with Crippen LogP contribution in [0.4, 0.5) is 11.6 Å². The second kappa shape index (κ2) is 7.16. The number of hydrogen-bond donors (Lipinski definition) is 2. The van der Waals surface area contributed by atoms with E-state index in [1.54, 1.807) is 11.8 Å². The van der Waals surface area contributed by atoms with Gasteiger partial charge in [-0.1, -0.05) is 25.6 Å². The highest BCUT2D eigenvalue weighted by atomic mass is 32.2. The van der Waals surface area contributed by atoms with Gasteiger partial charge in [-0.05, 0) is 44.3 Å². The van der Waals surface area contributed by atoms with Crippen LogP contribution < -0.4 is 10.6 Å². The van der Waals surface area contributed by atoms with Gasteiger partial charge in [-0.25, -0.2) is 9.97 Å². The molecule has 0 aromatic carbocycles. The third-order valence-electron chi connectivity index (χ3n) is 4.01. The van der Waals surface area contributed by atoms with Gasteiger partial charge in [0.2, 0.25) is 0 Å². The molecule has 0 amide bonds. The van der Waals surface area contributed by atoms with Crippen molar-refractivity contribution >= 4 is 23.4 Å². The Bertz CT molecular complexity index is 438. The Balaban J connectivity index is 2.09. The smallest absolute Gasteiger partial charge is 0.191 e. The maximum absolute atomic E-state index is 4.58. The number of rotatable bonds is 5. The van der Waals surface area contributed by atoms with Gasteiger partial charge in [-0.3, -0.25) is 0 Å². The van der Waals surface area contributed by atoms with Crippen LogP contribution in [0.1, 0.15) is 40.0 Å². The van der Waals surface area contributed by atoms with Crippen molar-refractivity contribution in [3.8, 4) is 0 Å². The highest BCUT2D eigenvalue weighted by Crippen LogP contribution is 2.31. The summed E-state index contributed by atoms with van der Waals surface area (Å²) in [4.78, 5) is 9.05. The van der Waals surface area contributed by atoms with Gasteiger partial charge in [-0.2, -0.15) is 0 Å². The molecule has 0 radical (unpaired) electrons. The Hall–Kier alpha value is -0.970. The third-order valence-corrected chi connectivity index (χ3v) is 4.56. The maximum Gasteiger partial charge on any atom is 0.191 e. The van der Waals surface area contributed by atoms with Gasteiger partial charge in [-0.15, -0.1) is 0 Å². The molecule has 3 unspecified atom stereocenters. The highest BCUT2D eigenvalue weighted by Gasteiger charge is 2.25. The fourth-order valence-electron chi connectivity index (χ4n) is 2.93. The van der Waals surface area contributed by atoms with E-state index in [2.05, 4.69) is 41.4 Å². The number of thioether (sulfide) groups is 1. The molecule has 1 fully saturated rings. The Morgan fingerprint density at radius 1 is 1.25 bits per heavy atom. The Kier molecular flexibility index (Phi) is 5.52. The lowest BCUT2D eigenvalue weighted by Crippen LogP contribution is -2.33. The monoisotopic (exact) mass is 294 g/mol. The van der Waals surface area contributed by atoms with Crippen molar-refractivity contribution in [1.82, 2.24) is 9.97 Å². The van der Waals surface area contributed by atoms with E-state index in [-0.39, 0.29) is 0 Å². The van der Waals surface area contributed by atoms with Crippen molar-refractivity contribution in [1.29, 1.82) is 0 Å². The molecule has 0 aliphatic heterocycles. The molecule has 1 aliphatic carbocycles. The number of hydrogen-bond acceptors (Lipinski definition) is 5. The topological polar surface area (TPSA) is 49.8 Å². The molecule has 1 heterocycles. The molecule has 0 bridgehead atoms. The Morgan fingerprint density at radius 2 is 2.00 bits per heavy atom. The zero-order valence-corrected chi connectivity index (χ0v) is 13.8. The summed E-state index contributed by atoms with van der Waals surface area (Å²) in [5.74, 6) is 3.42. The van der Waals surface area contributed by atoms with E-state index >= 15 is 0 Å². The van der Waals surface area contributed by atoms with E-state index < -0.39 is 0 Å². The summed E-state index contributed by atoms with van der Waals surface area (Å²) in [5, 5.41) is 7.72. The summed E-state index contributed by atoms with van der Waals surface area (Å²) in [6, 6.07) is 2.55. The molecule has 112 valence electrons. The average molecular weight is 294 g/mol. The summed E-state index contributed by atoms with van der Waals surface area (Å²) in [5.41, 5.74) is 0. The Morgan fingerprint density at radius 3 is 2.65 bits per heavy atom. The van der Waals surface area contributed by atoms with Crippen LogP contribution in [0.2, 0.25) is 0 Å². The second-order valence-electron chi connectivity index (χ2n) is 5.80. The molecule has 1 saturated carbocycles. The van der Waals surface area contributed by atoms with Crippen LogP contribution >= 0.6 is 11.8 Å². The van der Waals surface area contributed by atoms with E-state index in [0.29, 0.717) is 12.0 Å². The molecular weight excluding hydrogens is 268 g/mol. The summed E-state index contributed by atoms with van der Waals surface area (Å²) in [7, 11) is 0. The molecule has 1 aliphatic rings. The van der Waals surface area contributed by atoms with Gasteiger partial charge in [0, 0.05) is 18.7 Å². The molecule has 3 atom stereocenters. The van der Waals surface area contributed by atoms with E-state index in [1.807, 2.05) is 12.3 Å². The quantitative estimate of drug-likeness (QED) is 0.638. The zero-order valence-electron chi connectivity index (χ0n) is 12.9. The molecule has 2 rings (SSSR count). The number of nitrogens with one attached hydrogen (secondary N) is 2. The number of aromatic nitrogens is 2. The van der Waals surface area contributed by atoms with E-state index in [9.17, 15) is 0 Å². The van der Waals surface area contributed by atoms with Gasteiger partial charge in [0.05, 0.1) is 0 Å². The predicted molar refractivity (Wildman–Crippen MR) is 87.6 cm³/mol. The Labute approximate surface area is 126 Å². The van der Waals surface area contributed by atoms with Crippen molar-refractivity contribution in [3.63, 3.8) is 0 Å². The second-order valence-corrected chi connectivity index (χ2v) is 6.58.